The Hall–Kier alpha value is -0.830. The lowest BCUT2D eigenvalue weighted by Gasteiger charge is -2.35. The van der Waals surface area contributed by atoms with Crippen LogP contribution < -0.4 is 0 Å². The summed E-state index contributed by atoms with van der Waals surface area (Å²) in [6.07, 6.45) is 16.2. The summed E-state index contributed by atoms with van der Waals surface area (Å²) in [7, 11) is 0. The van der Waals surface area contributed by atoms with Crippen LogP contribution in [0.15, 0.2) is 11.6 Å². The zero-order valence-corrected chi connectivity index (χ0v) is 13.9. The number of hydrogen-bond acceptors (Lipinski definition) is 3. The fourth-order valence-electron chi connectivity index (χ4n) is 4.37. The maximum Gasteiger partial charge on any atom is 0.320 e. The minimum atomic E-state index is 0.00945. The lowest BCUT2D eigenvalue weighted by atomic mass is 9.77. The van der Waals surface area contributed by atoms with Crippen molar-refractivity contribution in [3.8, 4) is 0 Å². The number of carbonyl (C=O) groups excluding carboxylic acids is 1. The van der Waals surface area contributed by atoms with Crippen molar-refractivity contribution >= 4 is 5.97 Å². The molecule has 0 amide bonds. The molecule has 3 nitrogen and oxygen atoms in total. The smallest absolute Gasteiger partial charge is 0.320 e. The Morgan fingerprint density at radius 1 is 1.05 bits per heavy atom. The van der Waals surface area contributed by atoms with Gasteiger partial charge in [-0.05, 0) is 70.9 Å². The van der Waals surface area contributed by atoms with Gasteiger partial charge in [0.05, 0.1) is 6.54 Å². The summed E-state index contributed by atoms with van der Waals surface area (Å²) in [5.41, 5.74) is 1.58. The maximum atomic E-state index is 12.3. The predicted octanol–water partition coefficient (Wildman–Crippen LogP) is 4.07. The van der Waals surface area contributed by atoms with Crippen LogP contribution in [0.1, 0.15) is 70.6 Å². The molecule has 1 saturated carbocycles. The first-order chi connectivity index (χ1) is 10.8. The fourth-order valence-corrected chi connectivity index (χ4v) is 4.37. The Labute approximate surface area is 135 Å². The summed E-state index contributed by atoms with van der Waals surface area (Å²) in [6, 6.07) is 0. The van der Waals surface area contributed by atoms with E-state index >= 15 is 0 Å². The van der Waals surface area contributed by atoms with Crippen LogP contribution in [0.2, 0.25) is 0 Å². The Bertz CT molecular complexity index is 398. The van der Waals surface area contributed by atoms with Gasteiger partial charge < -0.3 is 4.74 Å². The maximum absolute atomic E-state index is 12.3. The van der Waals surface area contributed by atoms with Crippen molar-refractivity contribution in [1.29, 1.82) is 0 Å². The molecule has 0 radical (unpaired) electrons. The van der Waals surface area contributed by atoms with Crippen LogP contribution in [0.4, 0.5) is 0 Å². The molecule has 1 saturated heterocycles. The molecule has 2 fully saturated rings. The third-order valence-electron chi connectivity index (χ3n) is 5.59. The molecule has 3 aliphatic rings. The van der Waals surface area contributed by atoms with Crippen molar-refractivity contribution < 1.29 is 9.53 Å². The van der Waals surface area contributed by atoms with E-state index in [4.69, 9.17) is 4.74 Å². The zero-order chi connectivity index (χ0) is 15.2. The van der Waals surface area contributed by atoms with Gasteiger partial charge in [0.2, 0.25) is 0 Å². The average Bonchev–Trinajstić information content (AvgIpc) is 2.57. The summed E-state index contributed by atoms with van der Waals surface area (Å²) in [5, 5.41) is 0. The summed E-state index contributed by atoms with van der Waals surface area (Å²) in [4.78, 5) is 14.6. The topological polar surface area (TPSA) is 29.5 Å². The minimum absolute atomic E-state index is 0.00945. The third kappa shape index (κ3) is 4.34. The molecule has 0 aromatic carbocycles. The molecule has 0 spiro atoms. The van der Waals surface area contributed by atoms with E-state index < -0.39 is 0 Å². The predicted molar refractivity (Wildman–Crippen MR) is 88.7 cm³/mol. The van der Waals surface area contributed by atoms with Gasteiger partial charge >= 0.3 is 5.97 Å². The number of esters is 1. The monoisotopic (exact) mass is 305 g/mol. The molecule has 2 unspecified atom stereocenters. The number of piperidine rings is 1. The molecule has 0 N–H and O–H groups in total. The van der Waals surface area contributed by atoms with E-state index in [-0.39, 0.29) is 12.1 Å². The first-order valence-electron chi connectivity index (χ1n) is 9.44. The molecule has 0 aromatic rings. The molecule has 3 heteroatoms. The molecular weight excluding hydrogens is 274 g/mol. The first kappa shape index (κ1) is 16.0. The highest BCUT2D eigenvalue weighted by Gasteiger charge is 2.31. The van der Waals surface area contributed by atoms with Gasteiger partial charge in [-0.15, -0.1) is 0 Å². The van der Waals surface area contributed by atoms with Gasteiger partial charge in [-0.25, -0.2) is 0 Å². The van der Waals surface area contributed by atoms with Crippen LogP contribution >= 0.6 is 0 Å². The second-order valence-corrected chi connectivity index (χ2v) is 7.28. The number of nitrogens with zero attached hydrogens (tertiary/aromatic N) is 1. The minimum Gasteiger partial charge on any atom is -0.461 e. The number of hydrogen-bond donors (Lipinski definition) is 0. The molecular formula is C19H31NO2. The molecule has 124 valence electrons. The number of ether oxygens (including phenoxy) is 1. The highest BCUT2D eigenvalue weighted by atomic mass is 16.5. The lowest BCUT2D eigenvalue weighted by molar-refractivity contribution is -0.154. The van der Waals surface area contributed by atoms with Crippen molar-refractivity contribution in [1.82, 2.24) is 4.90 Å². The normalized spacial score (nSPS) is 30.6. The SMILES string of the molecule is O=C(CN1CCCCC1)OC1CCCCC1C1=CCCCC1. The standard InChI is InChI=1S/C19H31NO2/c21-19(15-20-13-7-2-8-14-20)22-18-12-6-5-11-17(18)16-9-3-1-4-10-16/h9,17-18H,1-8,10-15H2. The molecule has 0 bridgehead atoms. The lowest BCUT2D eigenvalue weighted by Crippen LogP contribution is -2.38. The van der Waals surface area contributed by atoms with E-state index in [1.54, 1.807) is 5.57 Å². The number of rotatable bonds is 4. The van der Waals surface area contributed by atoms with Gasteiger partial charge in [-0.1, -0.05) is 24.5 Å². The molecule has 1 aliphatic heterocycles. The van der Waals surface area contributed by atoms with E-state index in [2.05, 4.69) is 11.0 Å². The van der Waals surface area contributed by atoms with Gasteiger partial charge in [0.15, 0.2) is 0 Å². The van der Waals surface area contributed by atoms with E-state index in [1.165, 1.54) is 64.2 Å². The van der Waals surface area contributed by atoms with Crippen LogP contribution in [0, 0.1) is 5.92 Å². The molecule has 3 rings (SSSR count). The van der Waals surface area contributed by atoms with Gasteiger partial charge in [0, 0.05) is 5.92 Å². The van der Waals surface area contributed by atoms with E-state index in [0.717, 1.165) is 19.5 Å². The summed E-state index contributed by atoms with van der Waals surface area (Å²) in [5.74, 6) is 0.523. The largest absolute Gasteiger partial charge is 0.461 e. The van der Waals surface area contributed by atoms with E-state index in [9.17, 15) is 4.79 Å². The zero-order valence-electron chi connectivity index (χ0n) is 13.9. The second kappa shape index (κ2) is 8.14. The van der Waals surface area contributed by atoms with Crippen LogP contribution in [0.3, 0.4) is 0 Å². The quantitative estimate of drug-likeness (QED) is 0.579. The van der Waals surface area contributed by atoms with Crippen LogP contribution in [0.25, 0.3) is 0 Å². The molecule has 2 atom stereocenters. The van der Waals surface area contributed by atoms with Crippen LogP contribution in [0.5, 0.6) is 0 Å². The molecule has 1 heterocycles. The van der Waals surface area contributed by atoms with Crippen molar-refractivity contribution in [2.75, 3.05) is 19.6 Å². The number of allylic oxidation sites excluding steroid dienone is 1. The Kier molecular flexibility index (Phi) is 5.94. The van der Waals surface area contributed by atoms with Gasteiger partial charge in [-0.3, -0.25) is 9.69 Å². The van der Waals surface area contributed by atoms with Gasteiger partial charge in [0.25, 0.3) is 0 Å². The van der Waals surface area contributed by atoms with Crippen molar-refractivity contribution in [3.63, 3.8) is 0 Å². The summed E-state index contributed by atoms with van der Waals surface area (Å²) >= 11 is 0. The average molecular weight is 305 g/mol. The van der Waals surface area contributed by atoms with Crippen molar-refractivity contribution in [2.45, 2.75) is 76.7 Å². The molecule has 0 aromatic heterocycles. The van der Waals surface area contributed by atoms with Crippen molar-refractivity contribution in [3.05, 3.63) is 11.6 Å². The van der Waals surface area contributed by atoms with Crippen LogP contribution in [-0.2, 0) is 9.53 Å². The number of carbonyl (C=O) groups is 1. The van der Waals surface area contributed by atoms with E-state index in [0.29, 0.717) is 12.5 Å². The molecule has 22 heavy (non-hydrogen) atoms. The Balaban J connectivity index is 1.54. The number of likely N-dealkylation sites (tertiary alicyclic amines) is 1. The first-order valence-corrected chi connectivity index (χ1v) is 9.44. The summed E-state index contributed by atoms with van der Waals surface area (Å²) < 4.78 is 5.94. The Morgan fingerprint density at radius 2 is 1.86 bits per heavy atom. The Morgan fingerprint density at radius 3 is 2.64 bits per heavy atom. The second-order valence-electron chi connectivity index (χ2n) is 7.28. The summed E-state index contributed by atoms with van der Waals surface area (Å²) in [6.45, 7) is 2.63. The fraction of sp³-hybridized carbons (Fsp3) is 0.842. The van der Waals surface area contributed by atoms with Gasteiger partial charge in [0.1, 0.15) is 6.10 Å². The van der Waals surface area contributed by atoms with Crippen molar-refractivity contribution in [2.24, 2.45) is 5.92 Å². The van der Waals surface area contributed by atoms with Crippen LogP contribution in [-0.4, -0.2) is 36.6 Å². The molecule has 2 aliphatic carbocycles. The highest BCUT2D eigenvalue weighted by Crippen LogP contribution is 2.36. The highest BCUT2D eigenvalue weighted by molar-refractivity contribution is 5.72. The van der Waals surface area contributed by atoms with Gasteiger partial charge in [-0.2, -0.15) is 0 Å². The van der Waals surface area contributed by atoms with E-state index in [1.807, 2.05) is 0 Å². The third-order valence-corrected chi connectivity index (χ3v) is 5.59.